The SMILES string of the molecule is C=C(C)/C(C)=C\C=C/C.C=CC=C.CC. The van der Waals surface area contributed by atoms with Crippen LogP contribution in [-0.2, 0) is 0 Å². The smallest absolute Gasteiger partial charge is 0.0395 e. The predicted octanol–water partition coefficient (Wildman–Crippen LogP) is 5.47. The second-order valence-electron chi connectivity index (χ2n) is 2.63. The minimum atomic E-state index is 1.13. The minimum Gasteiger partial charge on any atom is -0.0991 e. The first-order chi connectivity index (χ1) is 7.09. The fourth-order valence-electron chi connectivity index (χ4n) is 0.383. The van der Waals surface area contributed by atoms with Crippen molar-refractivity contribution in [3.63, 3.8) is 0 Å². The van der Waals surface area contributed by atoms with Gasteiger partial charge in [-0.3, -0.25) is 0 Å². The van der Waals surface area contributed by atoms with E-state index in [1.165, 1.54) is 5.57 Å². The summed E-state index contributed by atoms with van der Waals surface area (Å²) < 4.78 is 0. The molecule has 0 saturated heterocycles. The number of rotatable bonds is 3. The molecular weight excluding hydrogens is 180 g/mol. The van der Waals surface area contributed by atoms with Gasteiger partial charge in [0.25, 0.3) is 0 Å². The molecule has 0 fully saturated rings. The van der Waals surface area contributed by atoms with Crippen LogP contribution in [0.25, 0.3) is 0 Å². The third-order valence-electron chi connectivity index (χ3n) is 1.38. The van der Waals surface area contributed by atoms with Gasteiger partial charge in [-0.15, -0.1) is 0 Å². The molecule has 0 saturated carbocycles. The molecule has 0 aromatic heterocycles. The molecule has 0 amide bonds. The van der Waals surface area contributed by atoms with Gasteiger partial charge in [-0.25, -0.2) is 0 Å². The zero-order valence-corrected chi connectivity index (χ0v) is 11.0. The maximum atomic E-state index is 3.81. The van der Waals surface area contributed by atoms with Crippen LogP contribution in [0.2, 0.25) is 0 Å². The van der Waals surface area contributed by atoms with Crippen LogP contribution in [0.15, 0.2) is 61.3 Å². The second-order valence-corrected chi connectivity index (χ2v) is 2.63. The van der Waals surface area contributed by atoms with Crippen LogP contribution in [0.3, 0.4) is 0 Å². The number of hydrogen-bond donors (Lipinski definition) is 0. The molecular formula is C15H26. The van der Waals surface area contributed by atoms with E-state index < -0.39 is 0 Å². The maximum absolute atomic E-state index is 3.81. The van der Waals surface area contributed by atoms with Crippen molar-refractivity contribution >= 4 is 0 Å². The lowest BCUT2D eigenvalue weighted by atomic mass is 10.1. The van der Waals surface area contributed by atoms with E-state index in [-0.39, 0.29) is 0 Å². The van der Waals surface area contributed by atoms with Gasteiger partial charge in [0.1, 0.15) is 0 Å². The van der Waals surface area contributed by atoms with E-state index in [2.05, 4.69) is 32.7 Å². The Kier molecular flexibility index (Phi) is 23.8. The highest BCUT2D eigenvalue weighted by molar-refractivity contribution is 5.27. The molecule has 0 aromatic carbocycles. The molecule has 0 aliphatic carbocycles. The first-order valence-corrected chi connectivity index (χ1v) is 5.29. The first-order valence-electron chi connectivity index (χ1n) is 5.29. The molecule has 0 nitrogen and oxygen atoms in total. The Morgan fingerprint density at radius 3 is 1.60 bits per heavy atom. The molecule has 0 N–H and O–H groups in total. The summed E-state index contributed by atoms with van der Waals surface area (Å²) in [5.74, 6) is 0. The second kappa shape index (κ2) is 18.5. The summed E-state index contributed by atoms with van der Waals surface area (Å²) >= 11 is 0. The van der Waals surface area contributed by atoms with Crippen LogP contribution in [0.1, 0.15) is 34.6 Å². The molecule has 0 heteroatoms. The minimum absolute atomic E-state index is 1.13. The molecule has 0 aromatic rings. The van der Waals surface area contributed by atoms with Gasteiger partial charge in [-0.2, -0.15) is 0 Å². The Balaban J connectivity index is -0.000000202. The molecule has 0 atom stereocenters. The van der Waals surface area contributed by atoms with Crippen molar-refractivity contribution in [3.8, 4) is 0 Å². The maximum Gasteiger partial charge on any atom is -0.0395 e. The lowest BCUT2D eigenvalue weighted by Gasteiger charge is -1.93. The molecule has 0 heterocycles. The molecule has 0 spiro atoms. The summed E-state index contributed by atoms with van der Waals surface area (Å²) in [6, 6.07) is 0. The highest BCUT2D eigenvalue weighted by atomic mass is 13.9. The van der Waals surface area contributed by atoms with Crippen molar-refractivity contribution in [2.75, 3.05) is 0 Å². The Bertz CT molecular complexity index is 208. The van der Waals surface area contributed by atoms with Gasteiger partial charge in [-0.1, -0.05) is 69.5 Å². The summed E-state index contributed by atoms with van der Waals surface area (Å²) in [4.78, 5) is 0. The average Bonchev–Trinajstić information content (AvgIpc) is 2.28. The Morgan fingerprint density at radius 1 is 1.00 bits per heavy atom. The summed E-state index contributed by atoms with van der Waals surface area (Å²) in [7, 11) is 0. The van der Waals surface area contributed by atoms with E-state index >= 15 is 0 Å². The van der Waals surface area contributed by atoms with Gasteiger partial charge >= 0.3 is 0 Å². The standard InChI is InChI=1S/C9H14.C4H6.C2H6/c1-5-6-7-9(4)8(2)3;1-3-4-2;1-2/h5-7H,2H2,1,3-4H3;3-4H,1-2H2;1-2H3/b6-5-,9-7-;;. The molecule has 0 aliphatic heterocycles. The third-order valence-corrected chi connectivity index (χ3v) is 1.38. The third kappa shape index (κ3) is 24.5. The Morgan fingerprint density at radius 2 is 1.40 bits per heavy atom. The van der Waals surface area contributed by atoms with E-state index in [0.29, 0.717) is 0 Å². The van der Waals surface area contributed by atoms with Gasteiger partial charge in [0, 0.05) is 0 Å². The van der Waals surface area contributed by atoms with Crippen molar-refractivity contribution in [2.24, 2.45) is 0 Å². The van der Waals surface area contributed by atoms with Crippen molar-refractivity contribution in [1.82, 2.24) is 0 Å². The van der Waals surface area contributed by atoms with Crippen molar-refractivity contribution in [2.45, 2.75) is 34.6 Å². The van der Waals surface area contributed by atoms with Crippen LogP contribution in [0, 0.1) is 0 Å². The van der Waals surface area contributed by atoms with Crippen LogP contribution < -0.4 is 0 Å². The number of hydrogen-bond acceptors (Lipinski definition) is 0. The molecule has 15 heavy (non-hydrogen) atoms. The van der Waals surface area contributed by atoms with E-state index in [1.54, 1.807) is 12.2 Å². The molecule has 0 unspecified atom stereocenters. The molecule has 0 radical (unpaired) electrons. The fourth-order valence-corrected chi connectivity index (χ4v) is 0.383. The Hall–Kier alpha value is -1.30. The largest absolute Gasteiger partial charge is 0.0991 e. The summed E-state index contributed by atoms with van der Waals surface area (Å²) in [5, 5.41) is 0. The van der Waals surface area contributed by atoms with Gasteiger partial charge < -0.3 is 0 Å². The summed E-state index contributed by atoms with van der Waals surface area (Å²) in [6.07, 6.45) is 9.36. The van der Waals surface area contributed by atoms with Crippen LogP contribution >= 0.6 is 0 Å². The van der Waals surface area contributed by atoms with Gasteiger partial charge in [-0.05, 0) is 26.3 Å². The van der Waals surface area contributed by atoms with E-state index in [1.807, 2.05) is 39.8 Å². The normalized spacial score (nSPS) is 9.27. The first kappa shape index (κ1) is 19.3. The van der Waals surface area contributed by atoms with Crippen molar-refractivity contribution in [1.29, 1.82) is 0 Å². The van der Waals surface area contributed by atoms with E-state index in [4.69, 9.17) is 0 Å². The fraction of sp³-hybridized carbons (Fsp3) is 0.333. The molecule has 86 valence electrons. The van der Waals surface area contributed by atoms with Crippen molar-refractivity contribution < 1.29 is 0 Å². The van der Waals surface area contributed by atoms with E-state index in [0.717, 1.165) is 5.57 Å². The molecule has 0 rings (SSSR count). The predicted molar refractivity (Wildman–Crippen MR) is 75.1 cm³/mol. The zero-order valence-electron chi connectivity index (χ0n) is 11.0. The average molecular weight is 206 g/mol. The van der Waals surface area contributed by atoms with E-state index in [9.17, 15) is 0 Å². The monoisotopic (exact) mass is 206 g/mol. The topological polar surface area (TPSA) is 0 Å². The lowest BCUT2D eigenvalue weighted by Crippen LogP contribution is -1.72. The lowest BCUT2D eigenvalue weighted by molar-refractivity contribution is 1.36. The van der Waals surface area contributed by atoms with Crippen molar-refractivity contribution in [3.05, 3.63) is 61.3 Å². The highest BCUT2D eigenvalue weighted by Crippen LogP contribution is 2.03. The summed E-state index contributed by atoms with van der Waals surface area (Å²) in [5.41, 5.74) is 2.38. The quantitative estimate of drug-likeness (QED) is 0.537. The Labute approximate surface area is 96.4 Å². The van der Waals surface area contributed by atoms with Gasteiger partial charge in [0.2, 0.25) is 0 Å². The van der Waals surface area contributed by atoms with Gasteiger partial charge in [0.05, 0.1) is 0 Å². The molecule has 0 bridgehead atoms. The van der Waals surface area contributed by atoms with Crippen LogP contribution in [0.5, 0.6) is 0 Å². The van der Waals surface area contributed by atoms with Crippen LogP contribution in [0.4, 0.5) is 0 Å². The number of allylic oxidation sites excluding steroid dienone is 7. The van der Waals surface area contributed by atoms with Gasteiger partial charge in [0.15, 0.2) is 0 Å². The highest BCUT2D eigenvalue weighted by Gasteiger charge is 1.83. The summed E-state index contributed by atoms with van der Waals surface area (Å²) in [6.45, 7) is 20.6. The van der Waals surface area contributed by atoms with Crippen LogP contribution in [-0.4, -0.2) is 0 Å². The molecule has 0 aliphatic rings. The zero-order chi connectivity index (χ0) is 12.7.